The Balaban J connectivity index is 3.26. The number of nitrogens with one attached hydrogen (secondary N) is 1. The molecule has 1 amide bonds. The van der Waals surface area contributed by atoms with Gasteiger partial charge in [0.2, 0.25) is 0 Å². The largest absolute Gasteiger partial charge is 0.459 e. The highest BCUT2D eigenvalue weighted by Crippen LogP contribution is 2.13. The van der Waals surface area contributed by atoms with Gasteiger partial charge in [-0.1, -0.05) is 110 Å². The predicted molar refractivity (Wildman–Crippen MR) is 125 cm³/mol. The number of unbranched alkanes of at least 4 members (excludes halogenated alkanes) is 15. The van der Waals surface area contributed by atoms with Crippen molar-refractivity contribution in [2.24, 2.45) is 0 Å². The zero-order chi connectivity index (χ0) is 22.3. The summed E-state index contributed by atoms with van der Waals surface area (Å²) < 4.78 is 9.94. The van der Waals surface area contributed by atoms with Gasteiger partial charge in [-0.25, -0.2) is 9.59 Å². The fraction of sp³-hybridized carbons (Fsp3) is 0.840. The molecule has 1 unspecified atom stereocenters. The van der Waals surface area contributed by atoms with E-state index in [0.29, 0.717) is 6.54 Å². The first-order chi connectivity index (χ1) is 14.6. The van der Waals surface area contributed by atoms with Crippen LogP contribution in [0.25, 0.3) is 0 Å². The first-order valence-electron chi connectivity index (χ1n) is 12.3. The Labute approximate surface area is 185 Å². The van der Waals surface area contributed by atoms with E-state index < -0.39 is 18.2 Å². The standard InChI is InChI=1S/C25H47NO4/c1-4-6-7-8-9-10-11-12-13-14-15-16-17-18-19-20-21-26-25(28)30-23(3)22-29-24(27)5-2/h5,23H,2,4,6-22H2,1,3H3,(H,26,28). The number of hydrogen-bond donors (Lipinski definition) is 1. The van der Waals surface area contributed by atoms with Gasteiger partial charge >= 0.3 is 12.1 Å². The summed E-state index contributed by atoms with van der Waals surface area (Å²) in [5, 5.41) is 2.74. The number of esters is 1. The van der Waals surface area contributed by atoms with E-state index in [1.54, 1.807) is 6.92 Å². The first-order valence-corrected chi connectivity index (χ1v) is 12.3. The third kappa shape index (κ3) is 21.2. The highest BCUT2D eigenvalue weighted by atomic mass is 16.6. The van der Waals surface area contributed by atoms with Crippen molar-refractivity contribution in [3.8, 4) is 0 Å². The molecule has 5 nitrogen and oxygen atoms in total. The first kappa shape index (κ1) is 28.5. The quantitative estimate of drug-likeness (QED) is 0.121. The van der Waals surface area contributed by atoms with Crippen molar-refractivity contribution in [1.29, 1.82) is 0 Å². The number of rotatable bonds is 21. The molecule has 176 valence electrons. The number of hydrogen-bond acceptors (Lipinski definition) is 4. The van der Waals surface area contributed by atoms with Gasteiger partial charge in [0.15, 0.2) is 0 Å². The van der Waals surface area contributed by atoms with Gasteiger partial charge < -0.3 is 14.8 Å². The average Bonchev–Trinajstić information content (AvgIpc) is 2.74. The molecule has 1 N–H and O–H groups in total. The summed E-state index contributed by atoms with van der Waals surface area (Å²) in [6.45, 7) is 7.93. The Bertz CT molecular complexity index is 425. The molecule has 0 saturated carbocycles. The van der Waals surface area contributed by atoms with Crippen LogP contribution in [0.1, 0.15) is 117 Å². The van der Waals surface area contributed by atoms with Gasteiger partial charge in [0.05, 0.1) is 0 Å². The fourth-order valence-electron chi connectivity index (χ4n) is 3.38. The van der Waals surface area contributed by atoms with Gasteiger partial charge in [-0.05, 0) is 13.3 Å². The molecule has 0 bridgehead atoms. The van der Waals surface area contributed by atoms with Gasteiger partial charge in [-0.3, -0.25) is 0 Å². The van der Waals surface area contributed by atoms with Gasteiger partial charge in [-0.2, -0.15) is 0 Å². The maximum Gasteiger partial charge on any atom is 0.407 e. The molecule has 0 spiro atoms. The van der Waals surface area contributed by atoms with Gasteiger partial charge in [-0.15, -0.1) is 0 Å². The molecule has 0 rings (SSSR count). The van der Waals surface area contributed by atoms with Crippen molar-refractivity contribution < 1.29 is 19.1 Å². The fourth-order valence-corrected chi connectivity index (χ4v) is 3.38. The van der Waals surface area contributed by atoms with E-state index in [2.05, 4.69) is 18.8 Å². The maximum absolute atomic E-state index is 11.6. The van der Waals surface area contributed by atoms with E-state index in [-0.39, 0.29) is 6.61 Å². The molecule has 0 aromatic heterocycles. The van der Waals surface area contributed by atoms with Gasteiger partial charge in [0, 0.05) is 12.6 Å². The smallest absolute Gasteiger partial charge is 0.407 e. The minimum absolute atomic E-state index is 0.0390. The van der Waals surface area contributed by atoms with E-state index >= 15 is 0 Å². The Morgan fingerprint density at radius 3 is 1.67 bits per heavy atom. The summed E-state index contributed by atoms with van der Waals surface area (Å²) in [5.74, 6) is -0.515. The molecule has 0 saturated heterocycles. The Morgan fingerprint density at radius 2 is 1.23 bits per heavy atom. The van der Waals surface area contributed by atoms with Crippen LogP contribution in [0.2, 0.25) is 0 Å². The van der Waals surface area contributed by atoms with Crippen LogP contribution in [0.15, 0.2) is 12.7 Å². The second kappa shape index (κ2) is 22.2. The van der Waals surface area contributed by atoms with Crippen LogP contribution in [-0.4, -0.2) is 31.3 Å². The van der Waals surface area contributed by atoms with Crippen LogP contribution in [0.5, 0.6) is 0 Å². The number of alkyl carbamates (subject to hydrolysis) is 1. The Morgan fingerprint density at radius 1 is 0.800 bits per heavy atom. The zero-order valence-corrected chi connectivity index (χ0v) is 19.7. The van der Waals surface area contributed by atoms with Crippen molar-refractivity contribution in [2.45, 2.75) is 123 Å². The van der Waals surface area contributed by atoms with Crippen LogP contribution in [-0.2, 0) is 14.3 Å². The summed E-state index contributed by atoms with van der Waals surface area (Å²) >= 11 is 0. The van der Waals surface area contributed by atoms with Crippen LogP contribution < -0.4 is 5.32 Å². The predicted octanol–water partition coefficient (Wildman–Crippen LogP) is 7.09. The summed E-state index contributed by atoms with van der Waals surface area (Å²) in [6.07, 6.45) is 21.5. The van der Waals surface area contributed by atoms with Crippen molar-refractivity contribution in [2.75, 3.05) is 13.2 Å². The lowest BCUT2D eigenvalue weighted by Gasteiger charge is -2.13. The normalized spacial score (nSPS) is 11.7. The molecule has 30 heavy (non-hydrogen) atoms. The molecule has 1 atom stereocenters. The van der Waals surface area contributed by atoms with E-state index in [1.165, 1.54) is 89.9 Å². The van der Waals surface area contributed by atoms with E-state index in [9.17, 15) is 9.59 Å². The number of carbonyl (C=O) groups is 2. The average molecular weight is 426 g/mol. The second-order valence-corrected chi connectivity index (χ2v) is 8.28. The summed E-state index contributed by atoms with van der Waals surface area (Å²) in [6, 6.07) is 0. The third-order valence-corrected chi connectivity index (χ3v) is 5.23. The van der Waals surface area contributed by atoms with E-state index in [1.807, 2.05) is 0 Å². The number of ether oxygens (including phenoxy) is 2. The van der Waals surface area contributed by atoms with Gasteiger partial charge in [0.1, 0.15) is 12.7 Å². The maximum atomic E-state index is 11.6. The van der Waals surface area contributed by atoms with Crippen molar-refractivity contribution in [1.82, 2.24) is 5.32 Å². The molecule has 0 aliphatic heterocycles. The van der Waals surface area contributed by atoms with E-state index in [4.69, 9.17) is 9.47 Å². The molecular weight excluding hydrogens is 378 g/mol. The zero-order valence-electron chi connectivity index (χ0n) is 19.7. The Hall–Kier alpha value is -1.52. The van der Waals surface area contributed by atoms with Crippen molar-refractivity contribution in [3.63, 3.8) is 0 Å². The topological polar surface area (TPSA) is 64.6 Å². The minimum atomic E-state index is -0.515. The summed E-state index contributed by atoms with van der Waals surface area (Å²) in [5.41, 5.74) is 0. The second-order valence-electron chi connectivity index (χ2n) is 8.28. The summed E-state index contributed by atoms with van der Waals surface area (Å²) in [7, 11) is 0. The van der Waals surface area contributed by atoms with Crippen molar-refractivity contribution in [3.05, 3.63) is 12.7 Å². The van der Waals surface area contributed by atoms with Crippen LogP contribution in [0.4, 0.5) is 4.79 Å². The molecule has 0 heterocycles. The number of amides is 1. The summed E-state index contributed by atoms with van der Waals surface area (Å²) in [4.78, 5) is 22.6. The number of carbonyl (C=O) groups excluding carboxylic acids is 2. The molecule has 0 aliphatic rings. The SMILES string of the molecule is C=CC(=O)OCC(C)OC(=O)NCCCCCCCCCCCCCCCCCC. The van der Waals surface area contributed by atoms with Crippen molar-refractivity contribution >= 4 is 12.1 Å². The molecule has 0 aromatic rings. The molecule has 5 heteroatoms. The third-order valence-electron chi connectivity index (χ3n) is 5.23. The monoisotopic (exact) mass is 425 g/mol. The molecule has 0 radical (unpaired) electrons. The lowest BCUT2D eigenvalue weighted by atomic mass is 10.0. The lowest BCUT2D eigenvalue weighted by Crippen LogP contribution is -2.30. The highest BCUT2D eigenvalue weighted by molar-refractivity contribution is 5.81. The highest BCUT2D eigenvalue weighted by Gasteiger charge is 2.10. The van der Waals surface area contributed by atoms with Crippen LogP contribution in [0, 0.1) is 0 Å². The molecule has 0 aromatic carbocycles. The molecule has 0 fully saturated rings. The van der Waals surface area contributed by atoms with Crippen LogP contribution in [0.3, 0.4) is 0 Å². The molecular formula is C25H47NO4. The van der Waals surface area contributed by atoms with E-state index in [0.717, 1.165) is 18.9 Å². The Kier molecular flexibility index (Phi) is 21.0. The minimum Gasteiger partial charge on any atom is -0.459 e. The lowest BCUT2D eigenvalue weighted by molar-refractivity contribution is -0.140. The van der Waals surface area contributed by atoms with Crippen LogP contribution >= 0.6 is 0 Å². The molecule has 0 aliphatic carbocycles. The van der Waals surface area contributed by atoms with Gasteiger partial charge in [0.25, 0.3) is 0 Å².